The molecule has 1 atom stereocenters. The summed E-state index contributed by atoms with van der Waals surface area (Å²) in [7, 11) is 0. The summed E-state index contributed by atoms with van der Waals surface area (Å²) in [5, 5.41) is 0. The molecule has 0 fully saturated rings. The molecule has 0 radical (unpaired) electrons. The summed E-state index contributed by atoms with van der Waals surface area (Å²) < 4.78 is 12.2. The molecule has 0 aromatic rings. The van der Waals surface area contributed by atoms with Crippen molar-refractivity contribution in [1.29, 1.82) is 0 Å². The molecule has 1 unspecified atom stereocenters. The largest absolute Gasteiger partial charge is 0.316 e. The zero-order chi connectivity index (χ0) is 5.98. The Bertz CT molecular complexity index is 139. The normalized spacial score (nSPS) is 27.8. The van der Waals surface area contributed by atoms with Crippen molar-refractivity contribution in [1.82, 2.24) is 0 Å². The van der Waals surface area contributed by atoms with Crippen molar-refractivity contribution in [3.8, 4) is 0 Å². The van der Waals surface area contributed by atoms with Gasteiger partial charge in [-0.05, 0) is 11.4 Å². The van der Waals surface area contributed by atoms with Gasteiger partial charge in [0.05, 0.1) is 6.42 Å². The average molecular weight is 115 g/mol. The molecule has 44 valence electrons. The second-order valence-electron chi connectivity index (χ2n) is 1.88. The predicted molar refractivity (Wildman–Crippen MR) is 30.0 cm³/mol. The molecule has 0 aliphatic carbocycles. The lowest BCUT2D eigenvalue weighted by molar-refractivity contribution is -0.730. The quantitative estimate of drug-likeness (QED) is 0.414. The van der Waals surface area contributed by atoms with Gasteiger partial charge in [-0.1, -0.05) is 9.79 Å². The predicted octanol–water partition coefficient (Wildman–Crippen LogP) is 0.775. The van der Waals surface area contributed by atoms with Gasteiger partial charge in [0.15, 0.2) is 0 Å². The highest BCUT2D eigenvalue weighted by molar-refractivity contribution is 5.71. The van der Waals surface area contributed by atoms with Gasteiger partial charge >= 0.3 is 6.34 Å². The van der Waals surface area contributed by atoms with E-state index in [1.807, 2.05) is 6.92 Å². The van der Waals surface area contributed by atoms with Gasteiger partial charge in [-0.2, -0.15) is 0 Å². The molecular weight excluding hydrogens is 107 g/mol. The minimum Gasteiger partial charge on any atom is -0.0683 e. The van der Waals surface area contributed by atoms with Crippen LogP contribution in [-0.4, -0.2) is 23.4 Å². The molecule has 0 saturated carbocycles. The molecule has 8 heavy (non-hydrogen) atoms. The van der Waals surface area contributed by atoms with Crippen molar-refractivity contribution in [3.05, 3.63) is 0 Å². The first kappa shape index (κ1) is 5.41. The van der Waals surface area contributed by atoms with Crippen LogP contribution >= 0.6 is 0 Å². The Kier molecular flexibility index (Phi) is 1.37. The third-order valence-corrected chi connectivity index (χ3v) is 1.15. The maximum atomic E-state index is 12.2. The number of rotatable bonds is 0. The molecule has 1 rings (SSSR count). The Morgan fingerprint density at radius 2 is 2.62 bits per heavy atom. The standard InChI is InChI=1S/C5H8FN2/c1-5-2-3-7-4-8(5)6/h3-5H,2H2,1H3/q+1. The van der Waals surface area contributed by atoms with Gasteiger partial charge in [0.1, 0.15) is 12.3 Å². The number of hydrogen-bond donors (Lipinski definition) is 0. The van der Waals surface area contributed by atoms with Crippen LogP contribution < -0.4 is 0 Å². The Hall–Kier alpha value is -0.730. The minimum absolute atomic E-state index is 0.0347. The molecule has 3 heteroatoms. The monoisotopic (exact) mass is 115 g/mol. The smallest absolute Gasteiger partial charge is 0.0683 e. The third-order valence-electron chi connectivity index (χ3n) is 1.15. The summed E-state index contributed by atoms with van der Waals surface area (Å²) in [4.78, 5) is 4.22. The van der Waals surface area contributed by atoms with Crippen molar-refractivity contribution in [3.63, 3.8) is 0 Å². The molecule has 0 aromatic carbocycles. The lowest BCUT2D eigenvalue weighted by Crippen LogP contribution is -2.19. The molecule has 1 aliphatic rings. The summed E-state index contributed by atoms with van der Waals surface area (Å²) in [6.07, 6.45) is 3.60. The Balaban J connectivity index is 2.66. The van der Waals surface area contributed by atoms with E-state index >= 15 is 0 Å². The maximum absolute atomic E-state index is 12.2. The number of nitrogens with zero attached hydrogens (tertiary/aromatic N) is 2. The molecule has 2 nitrogen and oxygen atoms in total. The summed E-state index contributed by atoms with van der Waals surface area (Å²) in [5.74, 6) is 0. The van der Waals surface area contributed by atoms with Gasteiger partial charge in [-0.25, -0.2) is 0 Å². The highest BCUT2D eigenvalue weighted by atomic mass is 19.2. The number of hydrogen-bond acceptors (Lipinski definition) is 1. The molecular formula is C5H8FN2+. The van der Waals surface area contributed by atoms with E-state index < -0.39 is 0 Å². The van der Waals surface area contributed by atoms with Gasteiger partial charge in [-0.3, -0.25) is 0 Å². The van der Waals surface area contributed by atoms with Crippen molar-refractivity contribution in [2.24, 2.45) is 4.99 Å². The van der Waals surface area contributed by atoms with E-state index in [1.54, 1.807) is 6.21 Å². The van der Waals surface area contributed by atoms with E-state index in [0.29, 0.717) is 11.2 Å². The van der Waals surface area contributed by atoms with E-state index in [0.717, 1.165) is 0 Å². The summed E-state index contributed by atoms with van der Waals surface area (Å²) >= 11 is 0. The number of halogens is 1. The van der Waals surface area contributed by atoms with Crippen LogP contribution in [0.4, 0.5) is 4.48 Å². The molecule has 0 amide bonds. The van der Waals surface area contributed by atoms with Crippen LogP contribution in [0, 0.1) is 0 Å². The van der Waals surface area contributed by atoms with Gasteiger partial charge in [0, 0.05) is 0 Å². The topological polar surface area (TPSA) is 15.4 Å². The first-order valence-electron chi connectivity index (χ1n) is 2.60. The van der Waals surface area contributed by atoms with Crippen molar-refractivity contribution >= 4 is 12.6 Å². The van der Waals surface area contributed by atoms with Gasteiger partial charge < -0.3 is 0 Å². The highest BCUT2D eigenvalue weighted by Gasteiger charge is 2.13. The first-order chi connectivity index (χ1) is 3.80. The Labute approximate surface area is 47.3 Å². The second kappa shape index (κ2) is 2.03. The maximum Gasteiger partial charge on any atom is 0.316 e. The van der Waals surface area contributed by atoms with Crippen LogP contribution in [0.15, 0.2) is 4.99 Å². The van der Waals surface area contributed by atoms with Gasteiger partial charge in [0.25, 0.3) is 0 Å². The van der Waals surface area contributed by atoms with Gasteiger partial charge in [0.2, 0.25) is 0 Å². The molecule has 1 aliphatic heterocycles. The third kappa shape index (κ3) is 0.911. The van der Waals surface area contributed by atoms with E-state index in [9.17, 15) is 4.48 Å². The molecule has 0 bridgehead atoms. The molecule has 0 aromatic heterocycles. The lowest BCUT2D eigenvalue weighted by atomic mass is 10.2. The van der Waals surface area contributed by atoms with E-state index in [2.05, 4.69) is 4.99 Å². The zero-order valence-electron chi connectivity index (χ0n) is 4.71. The van der Waals surface area contributed by atoms with Crippen LogP contribution in [0.1, 0.15) is 13.3 Å². The van der Waals surface area contributed by atoms with E-state index in [4.69, 9.17) is 0 Å². The van der Waals surface area contributed by atoms with Crippen LogP contribution in [0.5, 0.6) is 0 Å². The lowest BCUT2D eigenvalue weighted by Gasteiger charge is -2.00. The molecule has 0 saturated heterocycles. The highest BCUT2D eigenvalue weighted by Crippen LogP contribution is 1.97. The molecule has 0 spiro atoms. The van der Waals surface area contributed by atoms with Crippen LogP contribution in [0.3, 0.4) is 0 Å². The average Bonchev–Trinajstić information content (AvgIpc) is 1.77. The van der Waals surface area contributed by atoms with E-state index in [-0.39, 0.29) is 6.04 Å². The van der Waals surface area contributed by atoms with Crippen LogP contribution in [-0.2, 0) is 0 Å². The van der Waals surface area contributed by atoms with Crippen molar-refractivity contribution < 1.29 is 9.28 Å². The molecule has 0 N–H and O–H groups in total. The first-order valence-corrected chi connectivity index (χ1v) is 2.60. The summed E-state index contributed by atoms with van der Waals surface area (Å²) in [5.41, 5.74) is 0. The van der Waals surface area contributed by atoms with Gasteiger partial charge in [-0.15, -0.1) is 0 Å². The SMILES string of the molecule is CC1CC=NC=[N+]1F. The van der Waals surface area contributed by atoms with Crippen molar-refractivity contribution in [2.75, 3.05) is 0 Å². The van der Waals surface area contributed by atoms with Crippen molar-refractivity contribution in [2.45, 2.75) is 19.4 Å². The summed E-state index contributed by atoms with van der Waals surface area (Å²) in [6, 6.07) is -0.0347. The van der Waals surface area contributed by atoms with Crippen LogP contribution in [0.2, 0.25) is 0 Å². The summed E-state index contributed by atoms with van der Waals surface area (Å²) in [6.45, 7) is 1.81. The fraction of sp³-hybridized carbons (Fsp3) is 0.600. The van der Waals surface area contributed by atoms with Crippen LogP contribution in [0.25, 0.3) is 0 Å². The molecule has 1 heterocycles. The Morgan fingerprint density at radius 3 is 3.00 bits per heavy atom. The number of aliphatic imine (C=N–C) groups is 1. The fourth-order valence-corrected chi connectivity index (χ4v) is 0.539. The zero-order valence-corrected chi connectivity index (χ0v) is 4.71. The Morgan fingerprint density at radius 1 is 1.88 bits per heavy atom. The second-order valence-corrected chi connectivity index (χ2v) is 1.88. The fourth-order valence-electron chi connectivity index (χ4n) is 0.539. The minimum atomic E-state index is -0.0347. The van der Waals surface area contributed by atoms with E-state index in [1.165, 1.54) is 6.34 Å².